The van der Waals surface area contributed by atoms with Crippen molar-refractivity contribution < 1.29 is 30.9 Å². The molecule has 1 aliphatic rings. The van der Waals surface area contributed by atoms with Gasteiger partial charge in [0.05, 0.1) is 11.5 Å². The highest BCUT2D eigenvalue weighted by atomic mass is 32.2. The summed E-state index contributed by atoms with van der Waals surface area (Å²) in [6.45, 7) is -0.742. The van der Waals surface area contributed by atoms with Gasteiger partial charge in [0.25, 0.3) is 0 Å². The molecule has 2 aromatic carbocycles. The molecule has 0 aromatic heterocycles. The lowest BCUT2D eigenvalue weighted by molar-refractivity contribution is -0.0498. The number of fused-ring (bicyclic) bond motifs is 1. The molecular formula is C19H18F2O5S. The van der Waals surface area contributed by atoms with E-state index in [-0.39, 0.29) is 22.8 Å². The van der Waals surface area contributed by atoms with E-state index in [1.165, 1.54) is 24.3 Å². The van der Waals surface area contributed by atoms with Crippen molar-refractivity contribution in [2.75, 3.05) is 6.61 Å². The Kier molecular flexibility index (Phi) is 5.65. The molecule has 0 saturated carbocycles. The first-order chi connectivity index (χ1) is 12.9. The molecule has 0 radical (unpaired) electrons. The van der Waals surface area contributed by atoms with E-state index in [4.69, 9.17) is 8.92 Å². The van der Waals surface area contributed by atoms with Gasteiger partial charge in [0.1, 0.15) is 5.75 Å². The van der Waals surface area contributed by atoms with E-state index >= 15 is 0 Å². The molecule has 0 amide bonds. The SMILES string of the molecule is CCOc1ccccc1OS(=O)(=O)C1=Cc2ccc(OC(F)F)cc2CC1. The average molecular weight is 396 g/mol. The first kappa shape index (κ1) is 19.2. The lowest BCUT2D eigenvalue weighted by atomic mass is 9.97. The van der Waals surface area contributed by atoms with Gasteiger partial charge in [-0.2, -0.15) is 17.2 Å². The molecule has 5 nitrogen and oxygen atoms in total. The van der Waals surface area contributed by atoms with Crippen molar-refractivity contribution in [2.24, 2.45) is 0 Å². The molecule has 0 spiro atoms. The third-order valence-corrected chi connectivity index (χ3v) is 5.33. The number of benzene rings is 2. The first-order valence-corrected chi connectivity index (χ1v) is 9.74. The van der Waals surface area contributed by atoms with Gasteiger partial charge in [0.2, 0.25) is 0 Å². The predicted octanol–water partition coefficient (Wildman–Crippen LogP) is 4.38. The summed E-state index contributed by atoms with van der Waals surface area (Å²) < 4.78 is 65.0. The van der Waals surface area contributed by atoms with Crippen LogP contribution in [0.2, 0.25) is 0 Å². The maximum Gasteiger partial charge on any atom is 0.387 e. The van der Waals surface area contributed by atoms with Crippen molar-refractivity contribution in [2.45, 2.75) is 26.4 Å². The number of hydrogen-bond acceptors (Lipinski definition) is 5. The summed E-state index contributed by atoms with van der Waals surface area (Å²) in [5, 5.41) is 0. The van der Waals surface area contributed by atoms with Gasteiger partial charge in [-0.15, -0.1) is 0 Å². The van der Waals surface area contributed by atoms with E-state index in [2.05, 4.69) is 4.74 Å². The normalized spacial score (nSPS) is 13.7. The third-order valence-electron chi connectivity index (χ3n) is 3.97. The Bertz CT molecular complexity index is 954. The fourth-order valence-electron chi connectivity index (χ4n) is 2.78. The van der Waals surface area contributed by atoms with Gasteiger partial charge in [0, 0.05) is 0 Å². The molecule has 1 aliphatic carbocycles. The fraction of sp³-hybridized carbons (Fsp3) is 0.263. The number of halogens is 2. The highest BCUT2D eigenvalue weighted by molar-refractivity contribution is 7.91. The first-order valence-electron chi connectivity index (χ1n) is 8.33. The van der Waals surface area contributed by atoms with Gasteiger partial charge >= 0.3 is 16.7 Å². The Morgan fingerprint density at radius 1 is 1.07 bits per heavy atom. The maximum absolute atomic E-state index is 12.7. The summed E-state index contributed by atoms with van der Waals surface area (Å²) in [6.07, 6.45) is 2.06. The molecule has 0 saturated heterocycles. The van der Waals surface area contributed by atoms with Crippen molar-refractivity contribution in [1.29, 1.82) is 0 Å². The fourth-order valence-corrected chi connectivity index (χ4v) is 3.89. The lowest BCUT2D eigenvalue weighted by Gasteiger charge is -2.18. The summed E-state index contributed by atoms with van der Waals surface area (Å²) in [5.74, 6) is 0.506. The van der Waals surface area contributed by atoms with Gasteiger partial charge in [0.15, 0.2) is 11.5 Å². The second-order valence-electron chi connectivity index (χ2n) is 5.77. The molecule has 8 heteroatoms. The van der Waals surface area contributed by atoms with Crippen molar-refractivity contribution >= 4 is 16.2 Å². The predicted molar refractivity (Wildman–Crippen MR) is 96.5 cm³/mol. The number of allylic oxidation sites excluding steroid dienone is 1. The molecule has 0 unspecified atom stereocenters. The second-order valence-corrected chi connectivity index (χ2v) is 7.37. The number of rotatable bonds is 7. The molecule has 2 aromatic rings. The number of aryl methyl sites for hydroxylation is 1. The molecule has 0 heterocycles. The number of hydrogen-bond donors (Lipinski definition) is 0. The van der Waals surface area contributed by atoms with Crippen LogP contribution in [0.15, 0.2) is 47.4 Å². The average Bonchev–Trinajstić information content (AvgIpc) is 2.62. The van der Waals surface area contributed by atoms with Crippen LogP contribution in [0.5, 0.6) is 17.2 Å². The number of alkyl halides is 2. The van der Waals surface area contributed by atoms with E-state index in [0.29, 0.717) is 24.3 Å². The van der Waals surface area contributed by atoms with Crippen molar-refractivity contribution in [3.8, 4) is 17.2 Å². The van der Waals surface area contributed by atoms with Crippen molar-refractivity contribution in [3.63, 3.8) is 0 Å². The Balaban J connectivity index is 1.85. The second kappa shape index (κ2) is 7.96. The van der Waals surface area contributed by atoms with E-state index in [1.54, 1.807) is 31.2 Å². The van der Waals surface area contributed by atoms with Crippen LogP contribution in [0.1, 0.15) is 24.5 Å². The van der Waals surface area contributed by atoms with Crippen LogP contribution >= 0.6 is 0 Å². The van der Waals surface area contributed by atoms with E-state index in [9.17, 15) is 17.2 Å². The smallest absolute Gasteiger partial charge is 0.387 e. The summed E-state index contributed by atoms with van der Waals surface area (Å²) in [6, 6.07) is 10.9. The van der Waals surface area contributed by atoms with Crippen LogP contribution in [-0.4, -0.2) is 21.6 Å². The van der Waals surface area contributed by atoms with Crippen LogP contribution in [0.3, 0.4) is 0 Å². The lowest BCUT2D eigenvalue weighted by Crippen LogP contribution is -2.15. The molecule has 0 N–H and O–H groups in total. The Morgan fingerprint density at radius 2 is 1.81 bits per heavy atom. The molecular weight excluding hydrogens is 378 g/mol. The van der Waals surface area contributed by atoms with Gasteiger partial charge < -0.3 is 13.7 Å². The number of para-hydroxylation sites is 2. The summed E-state index contributed by atoms with van der Waals surface area (Å²) in [5.41, 5.74) is 1.37. The van der Waals surface area contributed by atoms with Crippen LogP contribution < -0.4 is 13.7 Å². The Labute approximate surface area is 156 Å². The van der Waals surface area contributed by atoms with Crippen molar-refractivity contribution in [1.82, 2.24) is 0 Å². The van der Waals surface area contributed by atoms with Crippen LogP contribution in [0.4, 0.5) is 8.78 Å². The van der Waals surface area contributed by atoms with Gasteiger partial charge in [-0.05, 0) is 61.2 Å². The molecule has 27 heavy (non-hydrogen) atoms. The summed E-state index contributed by atoms with van der Waals surface area (Å²) in [4.78, 5) is 0.115. The van der Waals surface area contributed by atoms with Crippen molar-refractivity contribution in [3.05, 3.63) is 58.5 Å². The Hall–Kier alpha value is -2.61. The van der Waals surface area contributed by atoms with Gasteiger partial charge in [-0.1, -0.05) is 18.2 Å². The Morgan fingerprint density at radius 3 is 2.52 bits per heavy atom. The van der Waals surface area contributed by atoms with Crippen LogP contribution in [-0.2, 0) is 16.5 Å². The molecule has 0 fully saturated rings. The third kappa shape index (κ3) is 4.57. The van der Waals surface area contributed by atoms with E-state index < -0.39 is 16.7 Å². The maximum atomic E-state index is 12.7. The summed E-state index contributed by atoms with van der Waals surface area (Å²) >= 11 is 0. The minimum Gasteiger partial charge on any atom is -0.490 e. The monoisotopic (exact) mass is 396 g/mol. The van der Waals surface area contributed by atoms with Gasteiger partial charge in [-0.25, -0.2) is 0 Å². The zero-order chi connectivity index (χ0) is 19.4. The quantitative estimate of drug-likeness (QED) is 0.650. The topological polar surface area (TPSA) is 61.8 Å². The van der Waals surface area contributed by atoms with E-state index in [1.807, 2.05) is 0 Å². The minimum atomic E-state index is -4.02. The standard InChI is InChI=1S/C19H18F2O5S/c1-2-24-17-5-3-4-6-18(17)26-27(22,23)16-10-8-13-11-15(25-19(20)21)9-7-14(13)12-16/h3-7,9,11-12,19H,2,8,10H2,1H3. The molecule has 0 aliphatic heterocycles. The zero-order valence-electron chi connectivity index (χ0n) is 14.5. The highest BCUT2D eigenvalue weighted by Gasteiger charge is 2.25. The number of ether oxygens (including phenoxy) is 2. The molecule has 0 bridgehead atoms. The molecule has 0 atom stereocenters. The van der Waals surface area contributed by atoms with Crippen LogP contribution in [0.25, 0.3) is 6.08 Å². The van der Waals surface area contributed by atoms with E-state index in [0.717, 1.165) is 5.56 Å². The van der Waals surface area contributed by atoms with Crippen LogP contribution in [0, 0.1) is 0 Å². The summed E-state index contributed by atoms with van der Waals surface area (Å²) in [7, 11) is -4.02. The largest absolute Gasteiger partial charge is 0.490 e. The highest BCUT2D eigenvalue weighted by Crippen LogP contribution is 2.34. The van der Waals surface area contributed by atoms with Gasteiger partial charge in [-0.3, -0.25) is 0 Å². The minimum absolute atomic E-state index is 0.0466. The zero-order valence-corrected chi connectivity index (χ0v) is 15.3. The molecule has 3 rings (SSSR count). The molecule has 144 valence electrons.